The zero-order valence-electron chi connectivity index (χ0n) is 10.5. The number of alkyl halides is 3. The fourth-order valence-electron chi connectivity index (χ4n) is 1.57. The van der Waals surface area contributed by atoms with Gasteiger partial charge in [0.25, 0.3) is 0 Å². The third kappa shape index (κ3) is 5.50. The van der Waals surface area contributed by atoms with E-state index in [4.69, 9.17) is 0 Å². The van der Waals surface area contributed by atoms with E-state index >= 15 is 0 Å². The summed E-state index contributed by atoms with van der Waals surface area (Å²) in [5.41, 5.74) is 2.67. The number of halogens is 4. The largest absolute Gasteiger partial charge is 0.405 e. The van der Waals surface area contributed by atoms with E-state index in [2.05, 4.69) is 21.2 Å². The van der Waals surface area contributed by atoms with Gasteiger partial charge in [-0.3, -0.25) is 4.79 Å². The normalized spacial score (nSPS) is 11.3. The molecule has 0 fully saturated rings. The zero-order valence-corrected chi connectivity index (χ0v) is 12.1. The molecule has 0 aliphatic rings. The van der Waals surface area contributed by atoms with Crippen LogP contribution in [0.4, 0.5) is 18.9 Å². The summed E-state index contributed by atoms with van der Waals surface area (Å²) < 4.78 is 36.5. The van der Waals surface area contributed by atoms with Gasteiger partial charge in [0.05, 0.1) is 12.2 Å². The van der Waals surface area contributed by atoms with Crippen LogP contribution in [0.2, 0.25) is 0 Å². The third-order valence-electron chi connectivity index (χ3n) is 2.34. The van der Waals surface area contributed by atoms with Gasteiger partial charge in [0.2, 0.25) is 5.91 Å². The first-order chi connectivity index (χ1) is 8.69. The van der Waals surface area contributed by atoms with Crippen LogP contribution < -0.4 is 10.6 Å². The molecule has 3 nitrogen and oxygen atoms in total. The molecular weight excluding hydrogens is 325 g/mol. The Morgan fingerprint density at radius 2 is 1.95 bits per heavy atom. The minimum absolute atomic E-state index is 0.210. The lowest BCUT2D eigenvalue weighted by molar-refractivity contribution is -0.137. The second-order valence-corrected chi connectivity index (χ2v) is 5.04. The second-order valence-electron chi connectivity index (χ2n) is 4.18. The molecule has 2 N–H and O–H groups in total. The molecule has 1 rings (SSSR count). The first-order valence-corrected chi connectivity index (χ1v) is 6.32. The Morgan fingerprint density at radius 1 is 1.32 bits per heavy atom. The van der Waals surface area contributed by atoms with Crippen LogP contribution >= 0.6 is 15.9 Å². The molecule has 0 unspecified atom stereocenters. The van der Waals surface area contributed by atoms with Crippen LogP contribution in [0, 0.1) is 13.8 Å². The van der Waals surface area contributed by atoms with E-state index in [-0.39, 0.29) is 6.54 Å². The zero-order chi connectivity index (χ0) is 14.6. The van der Waals surface area contributed by atoms with Crippen LogP contribution in [0.5, 0.6) is 0 Å². The highest BCUT2D eigenvalue weighted by molar-refractivity contribution is 9.10. The third-order valence-corrected chi connectivity index (χ3v) is 2.97. The summed E-state index contributed by atoms with van der Waals surface area (Å²) in [6.07, 6.45) is -4.39. The van der Waals surface area contributed by atoms with E-state index in [1.807, 2.05) is 26.0 Å². The molecule has 0 aromatic heterocycles. The molecule has 0 aliphatic heterocycles. The predicted molar refractivity (Wildman–Crippen MR) is 71.2 cm³/mol. The van der Waals surface area contributed by atoms with Gasteiger partial charge >= 0.3 is 6.18 Å². The van der Waals surface area contributed by atoms with Gasteiger partial charge in [-0.2, -0.15) is 13.2 Å². The number of carbonyl (C=O) groups is 1. The number of aryl methyl sites for hydroxylation is 2. The molecule has 1 aromatic carbocycles. The molecule has 7 heteroatoms. The van der Waals surface area contributed by atoms with Gasteiger partial charge in [-0.1, -0.05) is 6.07 Å². The Balaban J connectivity index is 2.56. The van der Waals surface area contributed by atoms with E-state index in [0.29, 0.717) is 5.69 Å². The van der Waals surface area contributed by atoms with Gasteiger partial charge in [0.1, 0.15) is 6.54 Å². The summed E-state index contributed by atoms with van der Waals surface area (Å²) in [4.78, 5) is 11.3. The molecule has 0 saturated heterocycles. The summed E-state index contributed by atoms with van der Waals surface area (Å²) in [5, 5.41) is 4.62. The topological polar surface area (TPSA) is 41.1 Å². The van der Waals surface area contributed by atoms with E-state index < -0.39 is 18.6 Å². The maximum atomic E-state index is 11.9. The number of nitrogens with one attached hydrogen (secondary N) is 2. The Labute approximate surface area is 117 Å². The van der Waals surface area contributed by atoms with Crippen LogP contribution in [0.3, 0.4) is 0 Å². The highest BCUT2D eigenvalue weighted by atomic mass is 79.9. The van der Waals surface area contributed by atoms with Crippen molar-refractivity contribution < 1.29 is 18.0 Å². The summed E-state index contributed by atoms with van der Waals surface area (Å²) >= 11 is 3.34. The van der Waals surface area contributed by atoms with Crippen molar-refractivity contribution in [3.63, 3.8) is 0 Å². The van der Waals surface area contributed by atoms with Crippen molar-refractivity contribution in [2.45, 2.75) is 20.0 Å². The molecule has 0 saturated carbocycles. The Bertz CT molecular complexity index is 452. The monoisotopic (exact) mass is 338 g/mol. The van der Waals surface area contributed by atoms with Gasteiger partial charge in [0, 0.05) is 4.47 Å². The second kappa shape index (κ2) is 6.27. The molecule has 0 atom stereocenters. The van der Waals surface area contributed by atoms with Gasteiger partial charge in [-0.05, 0) is 47.0 Å². The van der Waals surface area contributed by atoms with E-state index in [1.54, 1.807) is 5.32 Å². The lowest BCUT2D eigenvalue weighted by Gasteiger charge is -2.13. The van der Waals surface area contributed by atoms with Crippen molar-refractivity contribution in [2.24, 2.45) is 0 Å². The predicted octanol–water partition coefficient (Wildman–Crippen LogP) is 3.16. The standard InChI is InChI=1S/C12H14BrF3N2O/c1-7-3-8(2)11(9(13)4-7)17-5-10(19)18-6-12(14,15)16/h3-4,17H,5-6H2,1-2H3,(H,18,19). The average molecular weight is 339 g/mol. The van der Waals surface area contributed by atoms with Gasteiger partial charge < -0.3 is 10.6 Å². The number of benzene rings is 1. The quantitative estimate of drug-likeness (QED) is 0.885. The van der Waals surface area contributed by atoms with Crippen LogP contribution in [-0.4, -0.2) is 25.2 Å². The Morgan fingerprint density at radius 3 is 2.47 bits per heavy atom. The van der Waals surface area contributed by atoms with Crippen molar-refractivity contribution >= 4 is 27.5 Å². The van der Waals surface area contributed by atoms with Gasteiger partial charge in [-0.15, -0.1) is 0 Å². The Kier molecular flexibility index (Phi) is 5.22. The molecule has 0 radical (unpaired) electrons. The van der Waals surface area contributed by atoms with Crippen LogP contribution in [0.15, 0.2) is 16.6 Å². The molecule has 1 amide bonds. The lowest BCUT2D eigenvalue weighted by atomic mass is 10.1. The number of amides is 1. The van der Waals surface area contributed by atoms with E-state index in [0.717, 1.165) is 15.6 Å². The molecule has 0 bridgehead atoms. The number of rotatable bonds is 4. The molecule has 0 spiro atoms. The molecule has 106 valence electrons. The summed E-state index contributed by atoms with van der Waals surface area (Å²) in [7, 11) is 0. The summed E-state index contributed by atoms with van der Waals surface area (Å²) in [5.74, 6) is -0.704. The van der Waals surface area contributed by atoms with Crippen LogP contribution in [-0.2, 0) is 4.79 Å². The summed E-state index contributed by atoms with van der Waals surface area (Å²) in [6.45, 7) is 2.26. The maximum Gasteiger partial charge on any atom is 0.405 e. The fourth-order valence-corrected chi connectivity index (χ4v) is 2.38. The first-order valence-electron chi connectivity index (χ1n) is 5.53. The van der Waals surface area contributed by atoms with Gasteiger partial charge in [0.15, 0.2) is 0 Å². The molecule has 0 heterocycles. The smallest absolute Gasteiger partial charge is 0.375 e. The van der Waals surface area contributed by atoms with Crippen LogP contribution in [0.1, 0.15) is 11.1 Å². The minimum Gasteiger partial charge on any atom is -0.375 e. The fraction of sp³-hybridized carbons (Fsp3) is 0.417. The van der Waals surface area contributed by atoms with E-state index in [1.165, 1.54) is 0 Å². The van der Waals surface area contributed by atoms with Crippen molar-refractivity contribution in [1.82, 2.24) is 5.32 Å². The first kappa shape index (κ1) is 15.8. The van der Waals surface area contributed by atoms with Crippen molar-refractivity contribution in [1.29, 1.82) is 0 Å². The van der Waals surface area contributed by atoms with E-state index in [9.17, 15) is 18.0 Å². The highest BCUT2D eigenvalue weighted by Gasteiger charge is 2.27. The average Bonchev–Trinajstić information content (AvgIpc) is 2.23. The number of anilines is 1. The highest BCUT2D eigenvalue weighted by Crippen LogP contribution is 2.27. The number of hydrogen-bond acceptors (Lipinski definition) is 2. The molecule has 1 aromatic rings. The lowest BCUT2D eigenvalue weighted by Crippen LogP contribution is -2.37. The number of hydrogen-bond donors (Lipinski definition) is 2. The molecule has 0 aliphatic carbocycles. The minimum atomic E-state index is -4.39. The number of carbonyl (C=O) groups excluding carboxylic acids is 1. The van der Waals surface area contributed by atoms with Crippen molar-refractivity contribution in [3.05, 3.63) is 27.7 Å². The van der Waals surface area contributed by atoms with Crippen molar-refractivity contribution in [2.75, 3.05) is 18.4 Å². The molecular formula is C12H14BrF3N2O. The van der Waals surface area contributed by atoms with Gasteiger partial charge in [-0.25, -0.2) is 0 Å². The van der Waals surface area contributed by atoms with Crippen LogP contribution in [0.25, 0.3) is 0 Å². The summed E-state index contributed by atoms with van der Waals surface area (Å²) in [6, 6.07) is 3.78. The maximum absolute atomic E-state index is 11.9. The van der Waals surface area contributed by atoms with Crippen molar-refractivity contribution in [3.8, 4) is 0 Å². The SMILES string of the molecule is Cc1cc(C)c(NCC(=O)NCC(F)(F)F)c(Br)c1. The Hall–Kier alpha value is -1.24. The molecule has 19 heavy (non-hydrogen) atoms.